The fourth-order valence-corrected chi connectivity index (χ4v) is 4.71. The van der Waals surface area contributed by atoms with E-state index in [1.54, 1.807) is 24.2 Å². The SMILES string of the molecule is Cc1ccccc1Sc1nccnc1SCC(=O)NC1CCCCC1. The molecule has 0 spiro atoms. The highest BCUT2D eigenvalue weighted by molar-refractivity contribution is 8.02. The molecule has 1 fully saturated rings. The van der Waals surface area contributed by atoms with Gasteiger partial charge in [0.25, 0.3) is 0 Å². The zero-order valence-corrected chi connectivity index (χ0v) is 16.0. The summed E-state index contributed by atoms with van der Waals surface area (Å²) in [5.74, 6) is 0.477. The number of carbonyl (C=O) groups excluding carboxylic acids is 1. The van der Waals surface area contributed by atoms with Crippen LogP contribution >= 0.6 is 23.5 Å². The number of aromatic nitrogens is 2. The standard InChI is InChI=1S/C19H23N3OS2/c1-14-7-5-6-10-16(14)25-19-18(20-11-12-21-19)24-13-17(23)22-15-8-3-2-4-9-15/h5-7,10-12,15H,2-4,8-9,13H2,1H3,(H,22,23). The van der Waals surface area contributed by atoms with E-state index in [0.717, 1.165) is 27.8 Å². The van der Waals surface area contributed by atoms with Crippen LogP contribution < -0.4 is 5.32 Å². The maximum absolute atomic E-state index is 12.2. The molecule has 0 aliphatic heterocycles. The Morgan fingerprint density at radius 1 is 1.12 bits per heavy atom. The molecule has 0 bridgehead atoms. The number of hydrogen-bond acceptors (Lipinski definition) is 5. The van der Waals surface area contributed by atoms with Crippen LogP contribution in [0, 0.1) is 6.92 Å². The van der Waals surface area contributed by atoms with E-state index in [1.165, 1.54) is 36.6 Å². The molecule has 1 saturated carbocycles. The van der Waals surface area contributed by atoms with Gasteiger partial charge in [-0.05, 0) is 31.4 Å². The lowest BCUT2D eigenvalue weighted by Gasteiger charge is -2.22. The molecule has 1 aliphatic rings. The maximum atomic E-state index is 12.2. The Bertz CT molecular complexity index is 717. The van der Waals surface area contributed by atoms with Crippen molar-refractivity contribution in [3.8, 4) is 0 Å². The Morgan fingerprint density at radius 2 is 1.84 bits per heavy atom. The van der Waals surface area contributed by atoms with Crippen molar-refractivity contribution in [2.75, 3.05) is 5.75 Å². The van der Waals surface area contributed by atoms with Gasteiger partial charge in [0, 0.05) is 23.3 Å². The van der Waals surface area contributed by atoms with E-state index < -0.39 is 0 Å². The summed E-state index contributed by atoms with van der Waals surface area (Å²) in [6.45, 7) is 2.09. The lowest BCUT2D eigenvalue weighted by molar-refractivity contribution is -0.119. The van der Waals surface area contributed by atoms with Gasteiger partial charge in [-0.15, -0.1) is 0 Å². The van der Waals surface area contributed by atoms with E-state index in [0.29, 0.717) is 11.8 Å². The molecule has 1 aromatic carbocycles. The van der Waals surface area contributed by atoms with Crippen LogP contribution in [0.15, 0.2) is 51.6 Å². The van der Waals surface area contributed by atoms with Gasteiger partial charge in [-0.3, -0.25) is 4.79 Å². The van der Waals surface area contributed by atoms with Gasteiger partial charge in [-0.25, -0.2) is 9.97 Å². The highest BCUT2D eigenvalue weighted by Gasteiger charge is 2.17. The van der Waals surface area contributed by atoms with Gasteiger partial charge in [0.2, 0.25) is 5.91 Å². The van der Waals surface area contributed by atoms with E-state index in [-0.39, 0.29) is 5.91 Å². The van der Waals surface area contributed by atoms with Gasteiger partial charge in [0.15, 0.2) is 0 Å². The molecule has 3 rings (SSSR count). The number of nitrogens with one attached hydrogen (secondary N) is 1. The number of aryl methyl sites for hydroxylation is 1. The first-order valence-corrected chi connectivity index (χ1v) is 10.5. The Kier molecular flexibility index (Phi) is 6.76. The lowest BCUT2D eigenvalue weighted by atomic mass is 9.95. The van der Waals surface area contributed by atoms with Crippen molar-refractivity contribution in [2.45, 2.75) is 60.0 Å². The molecule has 1 N–H and O–H groups in total. The summed E-state index contributed by atoms with van der Waals surface area (Å²) < 4.78 is 0. The number of amides is 1. The predicted molar refractivity (Wildman–Crippen MR) is 103 cm³/mol. The van der Waals surface area contributed by atoms with Crippen LogP contribution in [-0.2, 0) is 4.79 Å². The zero-order valence-electron chi connectivity index (χ0n) is 14.4. The first kappa shape index (κ1) is 18.3. The lowest BCUT2D eigenvalue weighted by Crippen LogP contribution is -2.37. The summed E-state index contributed by atoms with van der Waals surface area (Å²) >= 11 is 3.06. The Hall–Kier alpha value is -1.53. The van der Waals surface area contributed by atoms with Gasteiger partial charge in [-0.2, -0.15) is 0 Å². The minimum atomic E-state index is 0.0920. The number of hydrogen-bond donors (Lipinski definition) is 1. The van der Waals surface area contributed by atoms with Crippen molar-refractivity contribution in [2.24, 2.45) is 0 Å². The molecule has 25 heavy (non-hydrogen) atoms. The highest BCUT2D eigenvalue weighted by Crippen LogP contribution is 2.34. The Morgan fingerprint density at radius 3 is 2.60 bits per heavy atom. The van der Waals surface area contributed by atoms with Crippen molar-refractivity contribution in [3.63, 3.8) is 0 Å². The molecular weight excluding hydrogens is 350 g/mol. The van der Waals surface area contributed by atoms with E-state index in [9.17, 15) is 4.79 Å². The number of thioether (sulfide) groups is 1. The normalized spacial score (nSPS) is 15.1. The van der Waals surface area contributed by atoms with Gasteiger partial charge in [0.05, 0.1) is 5.75 Å². The molecule has 0 unspecified atom stereocenters. The molecule has 0 saturated heterocycles. The van der Waals surface area contributed by atoms with Crippen molar-refractivity contribution >= 4 is 29.4 Å². The number of benzene rings is 1. The third-order valence-corrected chi connectivity index (χ3v) is 6.52. The molecular formula is C19H23N3OS2. The molecule has 1 amide bonds. The topological polar surface area (TPSA) is 54.9 Å². The molecule has 1 aliphatic carbocycles. The quantitative estimate of drug-likeness (QED) is 0.757. The first-order chi connectivity index (χ1) is 12.2. The predicted octanol–water partition coefficient (Wildman–Crippen LogP) is 4.48. The van der Waals surface area contributed by atoms with E-state index >= 15 is 0 Å². The van der Waals surface area contributed by atoms with Crippen LogP contribution in [0.4, 0.5) is 0 Å². The second-order valence-electron chi connectivity index (χ2n) is 6.23. The number of nitrogens with zero attached hydrogens (tertiary/aromatic N) is 2. The molecule has 6 heteroatoms. The smallest absolute Gasteiger partial charge is 0.230 e. The fourth-order valence-electron chi connectivity index (χ4n) is 2.91. The average molecular weight is 374 g/mol. The summed E-state index contributed by atoms with van der Waals surface area (Å²) in [5, 5.41) is 4.82. The Labute approximate surface area is 157 Å². The second-order valence-corrected chi connectivity index (χ2v) is 8.22. The summed E-state index contributed by atoms with van der Waals surface area (Å²) in [5.41, 5.74) is 1.21. The van der Waals surface area contributed by atoms with Crippen LogP contribution in [0.3, 0.4) is 0 Å². The van der Waals surface area contributed by atoms with E-state index in [4.69, 9.17) is 0 Å². The molecule has 132 valence electrons. The largest absolute Gasteiger partial charge is 0.353 e. The van der Waals surface area contributed by atoms with Crippen LogP contribution in [0.2, 0.25) is 0 Å². The molecule has 2 aromatic rings. The fraction of sp³-hybridized carbons (Fsp3) is 0.421. The zero-order chi connectivity index (χ0) is 17.5. The maximum Gasteiger partial charge on any atom is 0.230 e. The monoisotopic (exact) mass is 373 g/mol. The van der Waals surface area contributed by atoms with Gasteiger partial charge >= 0.3 is 0 Å². The van der Waals surface area contributed by atoms with Crippen molar-refractivity contribution in [3.05, 3.63) is 42.2 Å². The summed E-state index contributed by atoms with van der Waals surface area (Å²) in [7, 11) is 0. The number of rotatable bonds is 6. The van der Waals surface area contributed by atoms with Crippen molar-refractivity contribution in [1.29, 1.82) is 0 Å². The summed E-state index contributed by atoms with van der Waals surface area (Å²) in [6.07, 6.45) is 9.33. The molecule has 0 radical (unpaired) electrons. The van der Waals surface area contributed by atoms with Crippen LogP contribution in [0.1, 0.15) is 37.7 Å². The first-order valence-electron chi connectivity index (χ1n) is 8.69. The second kappa shape index (κ2) is 9.25. The van der Waals surface area contributed by atoms with E-state index in [1.807, 2.05) is 12.1 Å². The molecule has 4 nitrogen and oxygen atoms in total. The van der Waals surface area contributed by atoms with Gasteiger partial charge in [0.1, 0.15) is 10.1 Å². The number of carbonyl (C=O) groups is 1. The summed E-state index contributed by atoms with van der Waals surface area (Å²) in [6, 6.07) is 8.57. The van der Waals surface area contributed by atoms with Crippen molar-refractivity contribution in [1.82, 2.24) is 15.3 Å². The average Bonchev–Trinajstić information content (AvgIpc) is 2.64. The minimum absolute atomic E-state index is 0.0920. The van der Waals surface area contributed by atoms with Crippen molar-refractivity contribution < 1.29 is 4.79 Å². The van der Waals surface area contributed by atoms with Crippen LogP contribution in [0.5, 0.6) is 0 Å². The minimum Gasteiger partial charge on any atom is -0.353 e. The Balaban J connectivity index is 1.59. The van der Waals surface area contributed by atoms with E-state index in [2.05, 4.69) is 34.3 Å². The third kappa shape index (κ3) is 5.47. The van der Waals surface area contributed by atoms with Crippen LogP contribution in [0.25, 0.3) is 0 Å². The van der Waals surface area contributed by atoms with Crippen LogP contribution in [-0.4, -0.2) is 27.7 Å². The molecule has 1 heterocycles. The van der Waals surface area contributed by atoms with Gasteiger partial charge in [-0.1, -0.05) is 61.0 Å². The summed E-state index contributed by atoms with van der Waals surface area (Å²) in [4.78, 5) is 22.3. The molecule has 1 aromatic heterocycles. The highest BCUT2D eigenvalue weighted by atomic mass is 32.2. The van der Waals surface area contributed by atoms with Gasteiger partial charge < -0.3 is 5.32 Å². The molecule has 0 atom stereocenters. The third-order valence-electron chi connectivity index (χ3n) is 4.24.